The van der Waals surface area contributed by atoms with Crippen LogP contribution < -0.4 is 0 Å². The van der Waals surface area contributed by atoms with Crippen molar-refractivity contribution in [3.8, 4) is 0 Å². The first-order valence-corrected chi connectivity index (χ1v) is 7.06. The largest absolute Gasteiger partial charge is 0.269 e. The quantitative estimate of drug-likeness (QED) is 0.471. The van der Waals surface area contributed by atoms with Crippen LogP contribution in [0.1, 0.15) is 17.4 Å². The smallest absolute Gasteiger partial charge is 0.181 e. The van der Waals surface area contributed by atoms with Crippen molar-refractivity contribution in [1.82, 2.24) is 5.06 Å². The summed E-state index contributed by atoms with van der Waals surface area (Å²) in [6.07, 6.45) is 1.96. The molecule has 1 fully saturated rings. The number of hydroxylamine groups is 2. The minimum atomic E-state index is 0.0978. The lowest BCUT2D eigenvalue weighted by Crippen LogP contribution is -1.95. The summed E-state index contributed by atoms with van der Waals surface area (Å²) in [5.74, 6) is 0.739. The van der Waals surface area contributed by atoms with E-state index in [9.17, 15) is 0 Å². The van der Waals surface area contributed by atoms with Crippen molar-refractivity contribution in [3.63, 3.8) is 0 Å². The van der Waals surface area contributed by atoms with Crippen molar-refractivity contribution in [2.45, 2.75) is 6.23 Å². The van der Waals surface area contributed by atoms with E-state index in [1.165, 1.54) is 17.5 Å². The maximum Gasteiger partial charge on any atom is 0.181 e. The minimum Gasteiger partial charge on any atom is -0.269 e. The van der Waals surface area contributed by atoms with Gasteiger partial charge in [0.25, 0.3) is 0 Å². The fourth-order valence-electron chi connectivity index (χ4n) is 1.77. The second-order valence-corrected chi connectivity index (χ2v) is 4.92. The topological polar surface area (TPSA) is 27.9 Å². The van der Waals surface area contributed by atoms with E-state index in [1.54, 1.807) is 0 Å². The highest BCUT2D eigenvalue weighted by Gasteiger charge is 2.37. The molecule has 0 amide bonds. The lowest BCUT2D eigenvalue weighted by atomic mass is 10.2. The van der Waals surface area contributed by atoms with Gasteiger partial charge in [-0.25, -0.2) is 4.40 Å². The van der Waals surface area contributed by atoms with Gasteiger partial charge in [-0.1, -0.05) is 60.7 Å². The van der Waals surface area contributed by atoms with Gasteiger partial charge in [-0.15, -0.1) is 5.06 Å². The number of rotatable bonds is 5. The van der Waals surface area contributed by atoms with Gasteiger partial charge in [0, 0.05) is 6.21 Å². The average Bonchev–Trinajstić information content (AvgIpc) is 3.25. The van der Waals surface area contributed by atoms with Gasteiger partial charge in [0.2, 0.25) is 0 Å². The second kappa shape index (κ2) is 6.02. The molecule has 1 saturated heterocycles. The molecule has 96 valence electrons. The first-order chi connectivity index (χ1) is 9.43. The molecule has 4 heteroatoms. The van der Waals surface area contributed by atoms with Crippen LogP contribution in [0.5, 0.6) is 0 Å². The van der Waals surface area contributed by atoms with Crippen LogP contribution in [0.4, 0.5) is 0 Å². The minimum absolute atomic E-state index is 0.0978. The van der Waals surface area contributed by atoms with Crippen molar-refractivity contribution in [1.29, 1.82) is 0 Å². The molecule has 3 nitrogen and oxygen atoms in total. The molecule has 2 aromatic carbocycles. The zero-order valence-corrected chi connectivity index (χ0v) is 11.2. The zero-order chi connectivity index (χ0) is 12.9. The molecule has 1 aliphatic heterocycles. The molecule has 2 atom stereocenters. The lowest BCUT2D eigenvalue weighted by molar-refractivity contribution is 0.225. The van der Waals surface area contributed by atoms with Crippen LogP contribution in [0.2, 0.25) is 0 Å². The van der Waals surface area contributed by atoms with Crippen LogP contribution in [0.3, 0.4) is 0 Å². The van der Waals surface area contributed by atoms with Crippen LogP contribution in [-0.2, 0) is 4.84 Å². The van der Waals surface area contributed by atoms with Crippen molar-refractivity contribution in [3.05, 3.63) is 71.8 Å². The molecular formula is C15H14N2OS. The van der Waals surface area contributed by atoms with Gasteiger partial charge in [0.15, 0.2) is 6.23 Å². The first kappa shape index (κ1) is 12.4. The summed E-state index contributed by atoms with van der Waals surface area (Å²) >= 11 is 1.49. The molecule has 3 rings (SSSR count). The number of hydrogen-bond donors (Lipinski definition) is 0. The van der Waals surface area contributed by atoms with Gasteiger partial charge >= 0.3 is 0 Å². The monoisotopic (exact) mass is 270 g/mol. The molecule has 0 N–H and O–H groups in total. The Kier molecular flexibility index (Phi) is 3.93. The van der Waals surface area contributed by atoms with Crippen LogP contribution >= 0.6 is 11.9 Å². The van der Waals surface area contributed by atoms with Gasteiger partial charge in [-0.3, -0.25) is 4.84 Å². The van der Waals surface area contributed by atoms with Crippen LogP contribution in [0.15, 0.2) is 65.1 Å². The van der Waals surface area contributed by atoms with E-state index in [1.807, 2.05) is 59.8 Å². The zero-order valence-electron chi connectivity index (χ0n) is 10.3. The van der Waals surface area contributed by atoms with Gasteiger partial charge in [0.05, 0.1) is 5.88 Å². The summed E-state index contributed by atoms with van der Waals surface area (Å²) in [5.41, 5.74) is 2.30. The number of nitrogens with zero attached hydrogens (tertiary/aromatic N) is 2. The fourth-order valence-corrected chi connectivity index (χ4v) is 2.34. The summed E-state index contributed by atoms with van der Waals surface area (Å²) in [4.78, 5) is 5.49. The fraction of sp³-hybridized carbons (Fsp3) is 0.133. The van der Waals surface area contributed by atoms with Crippen molar-refractivity contribution in [2.24, 2.45) is 4.40 Å². The van der Waals surface area contributed by atoms with Gasteiger partial charge in [-0.05, 0) is 23.1 Å². The Balaban J connectivity index is 1.44. The normalized spacial score (nSPS) is 21.7. The molecule has 0 spiro atoms. The molecule has 19 heavy (non-hydrogen) atoms. The second-order valence-electron chi connectivity index (χ2n) is 4.19. The maximum absolute atomic E-state index is 5.49. The third-order valence-corrected chi connectivity index (χ3v) is 3.42. The van der Waals surface area contributed by atoms with Crippen molar-refractivity contribution >= 4 is 18.2 Å². The Bertz CT molecular complexity index is 545. The molecule has 0 aromatic heterocycles. The van der Waals surface area contributed by atoms with E-state index in [4.69, 9.17) is 4.84 Å². The number of benzene rings is 2. The van der Waals surface area contributed by atoms with E-state index in [0.29, 0.717) is 0 Å². The summed E-state index contributed by atoms with van der Waals surface area (Å²) in [5, 5.41) is 1.92. The summed E-state index contributed by atoms with van der Waals surface area (Å²) in [6.45, 7) is 0. The highest BCUT2D eigenvalue weighted by molar-refractivity contribution is 7.98. The van der Waals surface area contributed by atoms with E-state index < -0.39 is 0 Å². The van der Waals surface area contributed by atoms with Crippen molar-refractivity contribution < 1.29 is 4.84 Å². The predicted octanol–water partition coefficient (Wildman–Crippen LogP) is 3.66. The molecular weight excluding hydrogens is 256 g/mol. The van der Waals surface area contributed by atoms with Crippen LogP contribution in [-0.4, -0.2) is 17.2 Å². The Hall–Kier alpha value is -1.62. The van der Waals surface area contributed by atoms with E-state index in [0.717, 1.165) is 11.4 Å². The van der Waals surface area contributed by atoms with E-state index >= 15 is 0 Å². The number of hydrogen-bond acceptors (Lipinski definition) is 4. The van der Waals surface area contributed by atoms with Gasteiger partial charge in [0.1, 0.15) is 0 Å². The van der Waals surface area contributed by atoms with Gasteiger partial charge < -0.3 is 0 Å². The van der Waals surface area contributed by atoms with Gasteiger partial charge in [-0.2, -0.15) is 0 Å². The van der Waals surface area contributed by atoms with Crippen LogP contribution in [0.25, 0.3) is 0 Å². The highest BCUT2D eigenvalue weighted by atomic mass is 32.2. The predicted molar refractivity (Wildman–Crippen MR) is 78.6 cm³/mol. The Morgan fingerprint density at radius 1 is 1.05 bits per heavy atom. The standard InChI is InChI=1S/C15H14N2OS/c1-3-7-13(8-4-1)11-16-19-12-17-15(18-17)14-9-5-2-6-10-14/h1-11,15H,12H2. The highest BCUT2D eigenvalue weighted by Crippen LogP contribution is 2.37. The van der Waals surface area contributed by atoms with E-state index in [-0.39, 0.29) is 6.23 Å². The summed E-state index contributed by atoms with van der Waals surface area (Å²) in [7, 11) is 0. The van der Waals surface area contributed by atoms with E-state index in [2.05, 4.69) is 16.5 Å². The maximum atomic E-state index is 5.49. The SMILES string of the molecule is C(=NSCN1OC1c1ccccc1)c1ccccc1. The molecule has 1 aliphatic rings. The first-order valence-electron chi connectivity index (χ1n) is 6.12. The Morgan fingerprint density at radius 3 is 2.47 bits per heavy atom. The molecule has 0 radical (unpaired) electrons. The Morgan fingerprint density at radius 2 is 1.74 bits per heavy atom. The average molecular weight is 270 g/mol. The molecule has 0 bridgehead atoms. The summed E-state index contributed by atoms with van der Waals surface area (Å²) < 4.78 is 4.32. The molecule has 1 heterocycles. The van der Waals surface area contributed by atoms with Crippen molar-refractivity contribution in [2.75, 3.05) is 5.88 Å². The lowest BCUT2D eigenvalue weighted by Gasteiger charge is -1.95. The summed E-state index contributed by atoms with van der Waals surface area (Å²) in [6, 6.07) is 20.3. The third kappa shape index (κ3) is 3.44. The molecule has 2 aromatic rings. The molecule has 2 unspecified atom stereocenters. The third-order valence-electron chi connectivity index (χ3n) is 2.80. The molecule has 0 saturated carbocycles. The Labute approximate surface area is 117 Å². The van der Waals surface area contributed by atoms with Crippen LogP contribution in [0, 0.1) is 0 Å². The molecule has 0 aliphatic carbocycles.